The van der Waals surface area contributed by atoms with Crippen LogP contribution >= 0.6 is 11.3 Å². The van der Waals surface area contributed by atoms with Crippen LogP contribution in [-0.4, -0.2) is 0 Å². The van der Waals surface area contributed by atoms with Gasteiger partial charge in [0.05, 0.1) is 5.56 Å². The summed E-state index contributed by atoms with van der Waals surface area (Å²) in [5.74, 6) is 0.733. The summed E-state index contributed by atoms with van der Waals surface area (Å²) in [4.78, 5) is 1.13. The van der Waals surface area contributed by atoms with Crippen LogP contribution < -0.4 is 10.1 Å². The third-order valence-corrected chi connectivity index (χ3v) is 4.40. The first-order chi connectivity index (χ1) is 12.0. The molecule has 3 rings (SSSR count). The van der Waals surface area contributed by atoms with Gasteiger partial charge in [-0.15, -0.1) is 11.3 Å². The Kier molecular flexibility index (Phi) is 5.28. The second-order valence-corrected chi connectivity index (χ2v) is 6.48. The van der Waals surface area contributed by atoms with Crippen molar-refractivity contribution in [3.8, 4) is 5.75 Å². The zero-order valence-corrected chi connectivity index (χ0v) is 14.0. The standard InChI is InChI=1S/C19H16F3NOS/c20-19(21,22)15-5-2-6-16(11-15)23-12-14-4-1-7-17(10-14)24-13-18-8-3-9-25-18/h1-11,23H,12-13H2. The van der Waals surface area contributed by atoms with Crippen molar-refractivity contribution in [1.29, 1.82) is 0 Å². The van der Waals surface area contributed by atoms with Crippen LogP contribution in [0.2, 0.25) is 0 Å². The Balaban J connectivity index is 1.61. The van der Waals surface area contributed by atoms with Gasteiger partial charge in [-0.1, -0.05) is 24.3 Å². The third-order valence-electron chi connectivity index (χ3n) is 3.55. The van der Waals surface area contributed by atoms with E-state index < -0.39 is 11.7 Å². The van der Waals surface area contributed by atoms with E-state index in [-0.39, 0.29) is 0 Å². The molecule has 1 N–H and O–H groups in total. The molecular formula is C19H16F3NOS. The predicted octanol–water partition coefficient (Wildman–Crippen LogP) is 5.96. The highest BCUT2D eigenvalue weighted by Gasteiger charge is 2.30. The summed E-state index contributed by atoms with van der Waals surface area (Å²) in [5, 5.41) is 5.01. The Hall–Kier alpha value is -2.47. The number of nitrogens with one attached hydrogen (secondary N) is 1. The molecule has 130 valence electrons. The highest BCUT2D eigenvalue weighted by atomic mass is 32.1. The molecule has 0 bridgehead atoms. The summed E-state index contributed by atoms with van der Waals surface area (Å²) in [6, 6.07) is 16.7. The molecule has 0 unspecified atom stereocenters. The molecule has 6 heteroatoms. The van der Waals surface area contributed by atoms with Crippen molar-refractivity contribution in [2.45, 2.75) is 19.3 Å². The molecule has 0 amide bonds. The number of hydrogen-bond acceptors (Lipinski definition) is 3. The number of anilines is 1. The van der Waals surface area contributed by atoms with Gasteiger partial charge in [-0.05, 0) is 47.3 Å². The van der Waals surface area contributed by atoms with E-state index in [2.05, 4.69) is 5.32 Å². The Labute approximate surface area is 147 Å². The van der Waals surface area contributed by atoms with Crippen LogP contribution in [0.25, 0.3) is 0 Å². The molecule has 2 nitrogen and oxygen atoms in total. The summed E-state index contributed by atoms with van der Waals surface area (Å²) < 4.78 is 44.0. The van der Waals surface area contributed by atoms with Gasteiger partial charge < -0.3 is 10.1 Å². The van der Waals surface area contributed by atoms with E-state index in [9.17, 15) is 13.2 Å². The fraction of sp³-hybridized carbons (Fsp3) is 0.158. The maximum atomic E-state index is 12.7. The van der Waals surface area contributed by atoms with E-state index >= 15 is 0 Å². The van der Waals surface area contributed by atoms with E-state index in [4.69, 9.17) is 4.74 Å². The second-order valence-electron chi connectivity index (χ2n) is 5.45. The monoisotopic (exact) mass is 363 g/mol. The van der Waals surface area contributed by atoms with Gasteiger partial charge in [0, 0.05) is 17.1 Å². The number of rotatable bonds is 6. The molecule has 0 aliphatic carbocycles. The van der Waals surface area contributed by atoms with Crippen molar-refractivity contribution < 1.29 is 17.9 Å². The van der Waals surface area contributed by atoms with E-state index in [0.29, 0.717) is 18.8 Å². The first-order valence-corrected chi connectivity index (χ1v) is 8.54. The molecule has 2 aromatic carbocycles. The largest absolute Gasteiger partial charge is 0.488 e. The molecule has 0 spiro atoms. The molecule has 0 fully saturated rings. The average molecular weight is 363 g/mol. The molecule has 0 aliphatic rings. The van der Waals surface area contributed by atoms with Crippen LogP contribution in [0.15, 0.2) is 66.0 Å². The molecule has 3 aromatic rings. The van der Waals surface area contributed by atoms with Gasteiger partial charge in [0.1, 0.15) is 12.4 Å². The zero-order chi connectivity index (χ0) is 17.7. The van der Waals surface area contributed by atoms with Crippen LogP contribution in [0.3, 0.4) is 0 Å². The van der Waals surface area contributed by atoms with E-state index in [1.165, 1.54) is 6.07 Å². The minimum atomic E-state index is -4.34. The number of thiophene rings is 1. The van der Waals surface area contributed by atoms with E-state index in [1.54, 1.807) is 17.4 Å². The normalized spacial score (nSPS) is 11.3. The molecule has 0 saturated heterocycles. The maximum absolute atomic E-state index is 12.7. The van der Waals surface area contributed by atoms with E-state index in [1.807, 2.05) is 41.8 Å². The summed E-state index contributed by atoms with van der Waals surface area (Å²) in [7, 11) is 0. The van der Waals surface area contributed by atoms with Crippen LogP contribution in [0, 0.1) is 0 Å². The molecule has 0 saturated carbocycles. The van der Waals surface area contributed by atoms with Crippen LogP contribution in [0.5, 0.6) is 5.75 Å². The quantitative estimate of drug-likeness (QED) is 0.584. The molecule has 25 heavy (non-hydrogen) atoms. The van der Waals surface area contributed by atoms with Crippen molar-refractivity contribution in [2.24, 2.45) is 0 Å². The lowest BCUT2D eigenvalue weighted by Crippen LogP contribution is -2.06. The smallest absolute Gasteiger partial charge is 0.416 e. The zero-order valence-electron chi connectivity index (χ0n) is 13.2. The van der Waals surface area contributed by atoms with Crippen molar-refractivity contribution in [2.75, 3.05) is 5.32 Å². The first-order valence-electron chi connectivity index (χ1n) is 7.66. The summed E-state index contributed by atoms with van der Waals surface area (Å²) in [5.41, 5.74) is 0.700. The topological polar surface area (TPSA) is 21.3 Å². The number of benzene rings is 2. The van der Waals surface area contributed by atoms with Gasteiger partial charge in [0.15, 0.2) is 0 Å². The van der Waals surface area contributed by atoms with Gasteiger partial charge in [-0.25, -0.2) is 0 Å². The third kappa shape index (κ3) is 5.00. The Morgan fingerprint density at radius 3 is 2.56 bits per heavy atom. The van der Waals surface area contributed by atoms with Crippen LogP contribution in [0.4, 0.5) is 18.9 Å². The van der Waals surface area contributed by atoms with Gasteiger partial charge in [0.2, 0.25) is 0 Å². The second kappa shape index (κ2) is 7.61. The van der Waals surface area contributed by atoms with Crippen molar-refractivity contribution in [3.05, 3.63) is 82.0 Å². The molecule has 0 aliphatic heterocycles. The van der Waals surface area contributed by atoms with Crippen molar-refractivity contribution in [3.63, 3.8) is 0 Å². The molecular weight excluding hydrogens is 347 g/mol. The molecule has 0 radical (unpaired) electrons. The Bertz CT molecular complexity index is 816. The Morgan fingerprint density at radius 2 is 1.80 bits per heavy atom. The van der Waals surface area contributed by atoms with Gasteiger partial charge in [-0.2, -0.15) is 13.2 Å². The van der Waals surface area contributed by atoms with E-state index in [0.717, 1.165) is 28.3 Å². The van der Waals surface area contributed by atoms with Gasteiger partial charge in [0.25, 0.3) is 0 Å². The highest BCUT2D eigenvalue weighted by molar-refractivity contribution is 7.09. The fourth-order valence-electron chi connectivity index (χ4n) is 2.30. The molecule has 1 aromatic heterocycles. The highest BCUT2D eigenvalue weighted by Crippen LogP contribution is 2.30. The van der Waals surface area contributed by atoms with Crippen LogP contribution in [-0.2, 0) is 19.3 Å². The first kappa shape index (κ1) is 17.4. The SMILES string of the molecule is FC(F)(F)c1cccc(NCc2cccc(OCc3cccs3)c2)c1. The minimum Gasteiger partial charge on any atom is -0.488 e. The van der Waals surface area contributed by atoms with Gasteiger partial charge in [-0.3, -0.25) is 0 Å². The number of hydrogen-bond donors (Lipinski definition) is 1. The van der Waals surface area contributed by atoms with Crippen molar-refractivity contribution >= 4 is 17.0 Å². The molecule has 1 heterocycles. The van der Waals surface area contributed by atoms with Crippen molar-refractivity contribution in [1.82, 2.24) is 0 Å². The summed E-state index contributed by atoms with van der Waals surface area (Å²) in [6.45, 7) is 0.916. The van der Waals surface area contributed by atoms with Crippen LogP contribution in [0.1, 0.15) is 16.0 Å². The number of halogens is 3. The minimum absolute atomic E-state index is 0.414. The lowest BCUT2D eigenvalue weighted by atomic mass is 10.1. The summed E-state index contributed by atoms with van der Waals surface area (Å²) in [6.07, 6.45) is -4.34. The average Bonchev–Trinajstić information content (AvgIpc) is 3.12. The predicted molar refractivity (Wildman–Crippen MR) is 93.9 cm³/mol. The Morgan fingerprint density at radius 1 is 0.960 bits per heavy atom. The van der Waals surface area contributed by atoms with Gasteiger partial charge >= 0.3 is 6.18 Å². The maximum Gasteiger partial charge on any atom is 0.416 e. The fourth-order valence-corrected chi connectivity index (χ4v) is 2.92. The lowest BCUT2D eigenvalue weighted by Gasteiger charge is -2.11. The number of ether oxygens (including phenoxy) is 1. The molecule has 0 atom stereocenters. The number of alkyl halides is 3. The lowest BCUT2D eigenvalue weighted by molar-refractivity contribution is -0.137. The summed E-state index contributed by atoms with van der Waals surface area (Å²) >= 11 is 1.63.